The van der Waals surface area contributed by atoms with Crippen molar-refractivity contribution in [1.82, 2.24) is 14.5 Å². The van der Waals surface area contributed by atoms with Gasteiger partial charge in [-0.25, -0.2) is 17.1 Å². The van der Waals surface area contributed by atoms with Crippen LogP contribution in [0.4, 0.5) is 4.39 Å². The third-order valence-corrected chi connectivity index (χ3v) is 7.15. The van der Waals surface area contributed by atoms with Gasteiger partial charge in [-0.05, 0) is 37.5 Å². The Morgan fingerprint density at radius 2 is 2.00 bits per heavy atom. The third-order valence-electron chi connectivity index (χ3n) is 4.78. The first kappa shape index (κ1) is 17.4. The van der Waals surface area contributed by atoms with Crippen molar-refractivity contribution in [2.24, 2.45) is 5.92 Å². The van der Waals surface area contributed by atoms with E-state index in [1.54, 1.807) is 28.6 Å². The van der Waals surface area contributed by atoms with Crippen LogP contribution in [0, 0.1) is 11.7 Å². The molecular weight excluding hydrogens is 357 g/mol. The van der Waals surface area contributed by atoms with Crippen molar-refractivity contribution in [2.75, 3.05) is 19.7 Å². The van der Waals surface area contributed by atoms with Crippen LogP contribution in [-0.2, 0) is 10.0 Å². The zero-order chi connectivity index (χ0) is 18.1. The molecule has 2 aliphatic rings. The molecule has 0 radical (unpaired) electrons. The van der Waals surface area contributed by atoms with Gasteiger partial charge < -0.3 is 4.74 Å². The van der Waals surface area contributed by atoms with E-state index in [-0.39, 0.29) is 17.0 Å². The van der Waals surface area contributed by atoms with E-state index in [1.807, 2.05) is 0 Å². The average Bonchev–Trinajstić information content (AvgIpc) is 3.39. The number of benzene rings is 1. The zero-order valence-corrected chi connectivity index (χ0v) is 15.0. The maximum absolute atomic E-state index is 13.3. The van der Waals surface area contributed by atoms with Gasteiger partial charge in [0.15, 0.2) is 0 Å². The third kappa shape index (κ3) is 3.71. The maximum atomic E-state index is 13.3. The van der Waals surface area contributed by atoms with E-state index in [0.29, 0.717) is 36.8 Å². The molecule has 1 saturated heterocycles. The smallest absolute Gasteiger partial charge is 0.233 e. The highest BCUT2D eigenvalue weighted by atomic mass is 32.2. The van der Waals surface area contributed by atoms with E-state index >= 15 is 0 Å². The maximum Gasteiger partial charge on any atom is 0.233 e. The highest BCUT2D eigenvalue weighted by Crippen LogP contribution is 2.33. The molecule has 8 heteroatoms. The lowest BCUT2D eigenvalue weighted by Crippen LogP contribution is -2.32. The van der Waals surface area contributed by atoms with Crippen LogP contribution < -0.4 is 4.74 Å². The molecule has 138 valence electrons. The summed E-state index contributed by atoms with van der Waals surface area (Å²) in [6, 6.07) is 9.59. The molecule has 1 atom stereocenters. The Labute approximate surface area is 152 Å². The normalized spacial score (nSPS) is 21.0. The van der Waals surface area contributed by atoms with Gasteiger partial charge in [-0.3, -0.25) is 0 Å². The monoisotopic (exact) mass is 377 g/mol. The average molecular weight is 377 g/mol. The van der Waals surface area contributed by atoms with Gasteiger partial charge in [0.1, 0.15) is 5.82 Å². The number of rotatable bonds is 6. The summed E-state index contributed by atoms with van der Waals surface area (Å²) in [5.41, 5.74) is 1.22. The van der Waals surface area contributed by atoms with Gasteiger partial charge in [0, 0.05) is 30.6 Å². The van der Waals surface area contributed by atoms with Crippen molar-refractivity contribution < 1.29 is 17.5 Å². The SMILES string of the molecule is O=S(=O)(C1CC1)N1CCC(COc2ccc(-c3cccc(F)c3)nn2)C1. The Bertz CT molecular complexity index is 885. The van der Waals surface area contributed by atoms with E-state index in [4.69, 9.17) is 4.74 Å². The predicted molar refractivity (Wildman–Crippen MR) is 94.5 cm³/mol. The molecule has 1 saturated carbocycles. The number of aromatic nitrogens is 2. The lowest BCUT2D eigenvalue weighted by molar-refractivity contribution is 0.244. The van der Waals surface area contributed by atoms with Crippen molar-refractivity contribution in [1.29, 1.82) is 0 Å². The number of hydrogen-bond donors (Lipinski definition) is 0. The Hall–Kier alpha value is -2.06. The molecule has 0 amide bonds. The molecule has 1 unspecified atom stereocenters. The van der Waals surface area contributed by atoms with Gasteiger partial charge in [-0.1, -0.05) is 12.1 Å². The van der Waals surface area contributed by atoms with Crippen LogP contribution in [0.5, 0.6) is 5.88 Å². The van der Waals surface area contributed by atoms with E-state index in [0.717, 1.165) is 19.3 Å². The topological polar surface area (TPSA) is 72.4 Å². The summed E-state index contributed by atoms with van der Waals surface area (Å²) >= 11 is 0. The fraction of sp³-hybridized carbons (Fsp3) is 0.444. The summed E-state index contributed by atoms with van der Waals surface area (Å²) in [7, 11) is -3.10. The summed E-state index contributed by atoms with van der Waals surface area (Å²) in [6.07, 6.45) is 2.36. The van der Waals surface area contributed by atoms with Crippen LogP contribution >= 0.6 is 0 Å². The second-order valence-electron chi connectivity index (χ2n) is 6.84. The highest BCUT2D eigenvalue weighted by molar-refractivity contribution is 7.90. The molecule has 2 aromatic rings. The second kappa shape index (κ2) is 6.92. The lowest BCUT2D eigenvalue weighted by Gasteiger charge is -2.16. The Kier molecular flexibility index (Phi) is 4.62. The molecule has 1 aromatic heterocycles. The van der Waals surface area contributed by atoms with Crippen molar-refractivity contribution in [3.63, 3.8) is 0 Å². The molecule has 1 aliphatic heterocycles. The van der Waals surface area contributed by atoms with E-state index in [2.05, 4.69) is 10.2 Å². The first-order valence-corrected chi connectivity index (χ1v) is 10.2. The summed E-state index contributed by atoms with van der Waals surface area (Å²) in [5, 5.41) is 7.93. The quantitative estimate of drug-likeness (QED) is 0.773. The van der Waals surface area contributed by atoms with Crippen LogP contribution in [0.2, 0.25) is 0 Å². The van der Waals surface area contributed by atoms with E-state index < -0.39 is 10.0 Å². The van der Waals surface area contributed by atoms with Gasteiger partial charge in [-0.15, -0.1) is 10.2 Å². The van der Waals surface area contributed by atoms with Gasteiger partial charge >= 0.3 is 0 Å². The Morgan fingerprint density at radius 1 is 1.15 bits per heavy atom. The Balaban J connectivity index is 1.33. The van der Waals surface area contributed by atoms with Gasteiger partial charge in [-0.2, -0.15) is 0 Å². The van der Waals surface area contributed by atoms with Crippen molar-refractivity contribution in [3.8, 4) is 17.1 Å². The Morgan fingerprint density at radius 3 is 2.69 bits per heavy atom. The number of sulfonamides is 1. The first-order valence-electron chi connectivity index (χ1n) is 8.74. The number of ether oxygens (including phenoxy) is 1. The van der Waals surface area contributed by atoms with Crippen LogP contribution in [0.25, 0.3) is 11.3 Å². The predicted octanol–water partition coefficient (Wildman–Crippen LogP) is 2.48. The largest absolute Gasteiger partial charge is 0.476 e. The minimum absolute atomic E-state index is 0.160. The minimum Gasteiger partial charge on any atom is -0.476 e. The fourth-order valence-electron chi connectivity index (χ4n) is 3.14. The van der Waals surface area contributed by atoms with Crippen molar-refractivity contribution in [3.05, 3.63) is 42.2 Å². The van der Waals surface area contributed by atoms with Crippen LogP contribution in [0.3, 0.4) is 0 Å². The van der Waals surface area contributed by atoms with Gasteiger partial charge in [0.2, 0.25) is 15.9 Å². The van der Waals surface area contributed by atoms with Crippen molar-refractivity contribution in [2.45, 2.75) is 24.5 Å². The molecule has 0 N–H and O–H groups in total. The molecule has 26 heavy (non-hydrogen) atoms. The number of nitrogens with zero attached hydrogens (tertiary/aromatic N) is 3. The van der Waals surface area contributed by atoms with E-state index in [9.17, 15) is 12.8 Å². The van der Waals surface area contributed by atoms with Crippen LogP contribution in [0.15, 0.2) is 36.4 Å². The molecule has 4 rings (SSSR count). The molecule has 2 fully saturated rings. The summed E-state index contributed by atoms with van der Waals surface area (Å²) in [4.78, 5) is 0. The number of hydrogen-bond acceptors (Lipinski definition) is 5. The molecular formula is C18H20FN3O3S. The van der Waals surface area contributed by atoms with Gasteiger partial charge in [0.25, 0.3) is 0 Å². The fourth-order valence-corrected chi connectivity index (χ4v) is 5.07. The van der Waals surface area contributed by atoms with Crippen LogP contribution in [0.1, 0.15) is 19.3 Å². The minimum atomic E-state index is -3.10. The van der Waals surface area contributed by atoms with Gasteiger partial charge in [0.05, 0.1) is 17.6 Å². The van der Waals surface area contributed by atoms with E-state index in [1.165, 1.54) is 12.1 Å². The summed E-state index contributed by atoms with van der Waals surface area (Å²) in [6.45, 7) is 1.48. The second-order valence-corrected chi connectivity index (χ2v) is 9.05. The molecule has 2 heterocycles. The molecule has 0 spiro atoms. The lowest BCUT2D eigenvalue weighted by atomic mass is 10.1. The number of halogens is 1. The summed E-state index contributed by atoms with van der Waals surface area (Å²) < 4.78 is 45.0. The molecule has 1 aliphatic carbocycles. The van der Waals surface area contributed by atoms with Crippen LogP contribution in [-0.4, -0.2) is 47.9 Å². The van der Waals surface area contributed by atoms with Crippen molar-refractivity contribution >= 4 is 10.0 Å². The highest BCUT2D eigenvalue weighted by Gasteiger charge is 2.42. The zero-order valence-electron chi connectivity index (χ0n) is 14.2. The summed E-state index contributed by atoms with van der Waals surface area (Å²) in [5.74, 6) is 0.221. The molecule has 1 aromatic carbocycles. The molecule has 6 nitrogen and oxygen atoms in total. The standard InChI is InChI=1S/C18H20FN3O3S/c19-15-3-1-2-14(10-15)17-6-7-18(21-20-17)25-12-13-8-9-22(11-13)26(23,24)16-4-5-16/h1-3,6-7,10,13,16H,4-5,8-9,11-12H2. The first-order chi connectivity index (χ1) is 12.5. The molecule has 0 bridgehead atoms.